The number of carboxylic acids is 1. The Morgan fingerprint density at radius 1 is 1.48 bits per heavy atom. The highest BCUT2D eigenvalue weighted by Gasteiger charge is 2.37. The maximum atomic E-state index is 12.3. The van der Waals surface area contributed by atoms with E-state index in [1.54, 1.807) is 31.2 Å². The lowest BCUT2D eigenvalue weighted by molar-refractivity contribution is -0.150. The molecule has 0 bridgehead atoms. The van der Waals surface area contributed by atoms with Crippen molar-refractivity contribution in [3.63, 3.8) is 0 Å². The van der Waals surface area contributed by atoms with Crippen molar-refractivity contribution >= 4 is 23.6 Å². The van der Waals surface area contributed by atoms with Crippen LogP contribution in [-0.2, 0) is 9.59 Å². The van der Waals surface area contributed by atoms with Gasteiger partial charge in [0.05, 0.1) is 17.5 Å². The second-order valence-corrected chi connectivity index (χ2v) is 5.56. The monoisotopic (exact) mass is 306 g/mol. The second-order valence-electron chi connectivity index (χ2n) is 4.56. The molecule has 1 aromatic carbocycles. The van der Waals surface area contributed by atoms with Crippen molar-refractivity contribution in [1.29, 1.82) is 5.26 Å². The van der Waals surface area contributed by atoms with Gasteiger partial charge in [-0.3, -0.25) is 4.79 Å². The molecule has 1 aliphatic rings. The molecule has 110 valence electrons. The van der Waals surface area contributed by atoms with Gasteiger partial charge in [-0.15, -0.1) is 11.8 Å². The first kappa shape index (κ1) is 15.2. The van der Waals surface area contributed by atoms with Crippen molar-refractivity contribution in [3.8, 4) is 11.8 Å². The van der Waals surface area contributed by atoms with Gasteiger partial charge in [0.25, 0.3) is 5.91 Å². The Labute approximate surface area is 126 Å². The zero-order valence-corrected chi connectivity index (χ0v) is 12.2. The Morgan fingerprint density at radius 3 is 2.71 bits per heavy atom. The summed E-state index contributed by atoms with van der Waals surface area (Å²) in [6.07, 6.45) is -0.779. The third-order valence-electron chi connectivity index (χ3n) is 3.09. The molecule has 7 heteroatoms. The summed E-state index contributed by atoms with van der Waals surface area (Å²) in [7, 11) is 0. The van der Waals surface area contributed by atoms with E-state index in [0.717, 1.165) is 0 Å². The van der Waals surface area contributed by atoms with Crippen LogP contribution in [0.1, 0.15) is 12.5 Å². The number of nitrogens with zero attached hydrogens (tertiary/aromatic N) is 2. The standard InChI is InChI=1S/C14H14N2O4S/c1-9(20-11-4-2-10(6-15)3-5-11)13(17)16-8-21-7-12(16)14(18)19/h2-5,9,12H,7-8H2,1H3,(H,18,19). The quantitative estimate of drug-likeness (QED) is 0.902. The molecule has 2 atom stereocenters. The molecular formula is C14H14N2O4S. The van der Waals surface area contributed by atoms with Crippen molar-refractivity contribution in [2.75, 3.05) is 11.6 Å². The summed E-state index contributed by atoms with van der Waals surface area (Å²) in [5.41, 5.74) is 0.503. The number of hydrogen-bond donors (Lipinski definition) is 1. The normalized spacial score (nSPS) is 18.9. The lowest BCUT2D eigenvalue weighted by Crippen LogP contribution is -2.47. The van der Waals surface area contributed by atoms with Crippen LogP contribution in [-0.4, -0.2) is 45.7 Å². The molecule has 2 rings (SSSR count). The average molecular weight is 306 g/mol. The van der Waals surface area contributed by atoms with Gasteiger partial charge in [-0.25, -0.2) is 4.79 Å². The molecule has 1 fully saturated rings. The first-order valence-corrected chi connectivity index (χ1v) is 7.46. The van der Waals surface area contributed by atoms with E-state index in [0.29, 0.717) is 22.9 Å². The van der Waals surface area contributed by atoms with Crippen LogP contribution >= 0.6 is 11.8 Å². The number of carbonyl (C=O) groups excluding carboxylic acids is 1. The van der Waals surface area contributed by atoms with Crippen LogP contribution in [0.25, 0.3) is 0 Å². The first-order valence-electron chi connectivity index (χ1n) is 6.30. The predicted molar refractivity (Wildman–Crippen MR) is 76.8 cm³/mol. The van der Waals surface area contributed by atoms with Crippen LogP contribution in [0.2, 0.25) is 0 Å². The van der Waals surface area contributed by atoms with E-state index in [9.17, 15) is 9.59 Å². The molecule has 1 aromatic rings. The molecule has 1 saturated heterocycles. The van der Waals surface area contributed by atoms with E-state index in [1.165, 1.54) is 16.7 Å². The van der Waals surface area contributed by atoms with Crippen molar-refractivity contribution in [2.24, 2.45) is 0 Å². The maximum absolute atomic E-state index is 12.3. The minimum Gasteiger partial charge on any atom is -0.481 e. The summed E-state index contributed by atoms with van der Waals surface area (Å²) in [6, 6.07) is 7.60. The number of carbonyl (C=O) groups is 2. The fourth-order valence-electron chi connectivity index (χ4n) is 1.96. The Hall–Kier alpha value is -2.20. The topological polar surface area (TPSA) is 90.6 Å². The van der Waals surface area contributed by atoms with Crippen LogP contribution in [0, 0.1) is 11.3 Å². The lowest BCUT2D eigenvalue weighted by atomic mass is 10.2. The third kappa shape index (κ3) is 3.47. The molecule has 0 saturated carbocycles. The highest BCUT2D eigenvalue weighted by molar-refractivity contribution is 7.99. The molecule has 2 unspecified atom stereocenters. The van der Waals surface area contributed by atoms with Gasteiger partial charge in [-0.2, -0.15) is 5.26 Å². The smallest absolute Gasteiger partial charge is 0.327 e. The summed E-state index contributed by atoms with van der Waals surface area (Å²) in [6.45, 7) is 1.59. The zero-order chi connectivity index (χ0) is 15.4. The highest BCUT2D eigenvalue weighted by atomic mass is 32.2. The molecule has 0 aromatic heterocycles. The zero-order valence-electron chi connectivity index (χ0n) is 11.4. The van der Waals surface area contributed by atoms with Gasteiger partial charge in [-0.1, -0.05) is 0 Å². The number of thioether (sulfide) groups is 1. The van der Waals surface area contributed by atoms with Crippen molar-refractivity contribution < 1.29 is 19.4 Å². The molecule has 0 spiro atoms. The molecule has 1 amide bonds. The Balaban J connectivity index is 2.02. The first-order chi connectivity index (χ1) is 10.0. The SMILES string of the molecule is CC(Oc1ccc(C#N)cc1)C(=O)N1CSCC1C(=O)O. The van der Waals surface area contributed by atoms with Gasteiger partial charge in [-0.05, 0) is 31.2 Å². The summed E-state index contributed by atoms with van der Waals surface area (Å²) in [5, 5.41) is 17.8. The van der Waals surface area contributed by atoms with Gasteiger partial charge in [0.1, 0.15) is 11.8 Å². The predicted octanol–water partition coefficient (Wildman–Crippen LogP) is 1.31. The number of carboxylic acid groups (broad SMARTS) is 1. The summed E-state index contributed by atoms with van der Waals surface area (Å²) < 4.78 is 5.51. The van der Waals surface area contributed by atoms with Gasteiger partial charge >= 0.3 is 5.97 Å². The third-order valence-corrected chi connectivity index (χ3v) is 4.11. The van der Waals surface area contributed by atoms with Crippen molar-refractivity contribution in [1.82, 2.24) is 4.90 Å². The Kier molecular flexibility index (Phi) is 4.70. The maximum Gasteiger partial charge on any atom is 0.327 e. The van der Waals surface area contributed by atoms with Crippen LogP contribution in [0.4, 0.5) is 0 Å². The van der Waals surface area contributed by atoms with Crippen molar-refractivity contribution in [2.45, 2.75) is 19.1 Å². The highest BCUT2D eigenvalue weighted by Crippen LogP contribution is 2.23. The lowest BCUT2D eigenvalue weighted by Gasteiger charge is -2.24. The molecule has 1 N–H and O–H groups in total. The Morgan fingerprint density at radius 2 is 2.14 bits per heavy atom. The number of nitriles is 1. The molecular weight excluding hydrogens is 292 g/mol. The van der Waals surface area contributed by atoms with Crippen molar-refractivity contribution in [3.05, 3.63) is 29.8 Å². The van der Waals surface area contributed by atoms with Gasteiger partial charge in [0.2, 0.25) is 0 Å². The average Bonchev–Trinajstić information content (AvgIpc) is 2.96. The van der Waals surface area contributed by atoms with Crippen LogP contribution in [0.3, 0.4) is 0 Å². The number of hydrogen-bond acceptors (Lipinski definition) is 5. The van der Waals surface area contributed by atoms with Gasteiger partial charge < -0.3 is 14.7 Å². The van der Waals surface area contributed by atoms with Crippen LogP contribution in [0.15, 0.2) is 24.3 Å². The summed E-state index contributed by atoms with van der Waals surface area (Å²) >= 11 is 1.41. The number of ether oxygens (including phenoxy) is 1. The largest absolute Gasteiger partial charge is 0.481 e. The molecule has 0 aliphatic carbocycles. The number of benzene rings is 1. The molecule has 1 aliphatic heterocycles. The van der Waals surface area contributed by atoms with E-state index in [2.05, 4.69) is 0 Å². The van der Waals surface area contributed by atoms with E-state index < -0.39 is 18.1 Å². The molecule has 0 radical (unpaired) electrons. The number of amides is 1. The minimum atomic E-state index is -1.00. The fraction of sp³-hybridized carbons (Fsp3) is 0.357. The molecule has 6 nitrogen and oxygen atoms in total. The van der Waals surface area contributed by atoms with Crippen LogP contribution in [0.5, 0.6) is 5.75 Å². The number of aliphatic carboxylic acids is 1. The molecule has 1 heterocycles. The van der Waals surface area contributed by atoms with Gasteiger partial charge in [0, 0.05) is 5.75 Å². The van der Waals surface area contributed by atoms with E-state index >= 15 is 0 Å². The second kappa shape index (κ2) is 6.50. The Bertz CT molecular complexity index is 582. The fourth-order valence-corrected chi connectivity index (χ4v) is 3.12. The van der Waals surface area contributed by atoms with Crippen LogP contribution < -0.4 is 4.74 Å². The van der Waals surface area contributed by atoms with E-state index in [1.807, 2.05) is 6.07 Å². The van der Waals surface area contributed by atoms with Gasteiger partial charge in [0.15, 0.2) is 6.10 Å². The molecule has 21 heavy (non-hydrogen) atoms. The van der Waals surface area contributed by atoms with E-state index in [4.69, 9.17) is 15.1 Å². The minimum absolute atomic E-state index is 0.350. The summed E-state index contributed by atoms with van der Waals surface area (Å²) in [4.78, 5) is 24.7. The van der Waals surface area contributed by atoms with E-state index in [-0.39, 0.29) is 5.91 Å². The summed E-state index contributed by atoms with van der Waals surface area (Å²) in [5.74, 6) is -0.133. The number of rotatable bonds is 4.